The van der Waals surface area contributed by atoms with Crippen molar-refractivity contribution >= 4 is 23.5 Å². The first-order chi connectivity index (χ1) is 13.2. The highest BCUT2D eigenvalue weighted by Crippen LogP contribution is 2.40. The van der Waals surface area contributed by atoms with Crippen molar-refractivity contribution in [3.8, 4) is 11.4 Å². The second kappa shape index (κ2) is 6.84. The van der Waals surface area contributed by atoms with Crippen LogP contribution in [0.5, 0.6) is 5.75 Å². The fourth-order valence-electron chi connectivity index (χ4n) is 2.84. The zero-order valence-corrected chi connectivity index (χ0v) is 15.6. The molecule has 1 aromatic heterocycles. The molecule has 0 unspecified atom stereocenters. The second-order valence-corrected chi connectivity index (χ2v) is 7.95. The van der Waals surface area contributed by atoms with Crippen LogP contribution in [0.3, 0.4) is 0 Å². The molecule has 148 valence electrons. The number of aromatic nitrogens is 2. The number of thioether (sulfide) groups is 1. The van der Waals surface area contributed by atoms with Crippen LogP contribution >= 0.6 is 11.8 Å². The van der Waals surface area contributed by atoms with Crippen LogP contribution in [0.25, 0.3) is 5.69 Å². The fourth-order valence-corrected chi connectivity index (χ4v) is 3.95. The number of anilines is 1. The van der Waals surface area contributed by atoms with Crippen LogP contribution in [-0.2, 0) is 11.2 Å². The third-order valence-corrected chi connectivity index (χ3v) is 5.73. The standard InChI is InChI=1S/C18H16F3N3O3S/c1-23-14(25)8-13-15(23)22-17(28-12-6-7-12)24(16(13)26)10-2-4-11(5-3-10)27-9-18(19,20)21/h2-5,12H,6-9H2,1H3. The van der Waals surface area contributed by atoms with Crippen LogP contribution in [-0.4, -0.2) is 40.5 Å². The third-order valence-electron chi connectivity index (χ3n) is 4.44. The topological polar surface area (TPSA) is 64.4 Å². The van der Waals surface area contributed by atoms with Crippen LogP contribution in [0, 0.1) is 0 Å². The largest absolute Gasteiger partial charge is 0.484 e. The maximum Gasteiger partial charge on any atom is 0.422 e. The van der Waals surface area contributed by atoms with E-state index in [2.05, 4.69) is 4.98 Å². The summed E-state index contributed by atoms with van der Waals surface area (Å²) in [5.41, 5.74) is 0.449. The van der Waals surface area contributed by atoms with E-state index in [1.807, 2.05) is 0 Å². The molecule has 1 aromatic carbocycles. The van der Waals surface area contributed by atoms with Crippen molar-refractivity contribution in [2.45, 2.75) is 35.8 Å². The lowest BCUT2D eigenvalue weighted by Crippen LogP contribution is -2.25. The van der Waals surface area contributed by atoms with Gasteiger partial charge in [0.1, 0.15) is 11.6 Å². The van der Waals surface area contributed by atoms with E-state index in [4.69, 9.17) is 4.74 Å². The highest BCUT2D eigenvalue weighted by molar-refractivity contribution is 8.00. The first kappa shape index (κ1) is 18.9. The molecule has 1 saturated carbocycles. The molecule has 2 aromatic rings. The van der Waals surface area contributed by atoms with E-state index in [1.54, 1.807) is 7.05 Å². The molecule has 4 rings (SSSR count). The number of carbonyl (C=O) groups is 1. The molecule has 2 heterocycles. The molecule has 0 N–H and O–H groups in total. The van der Waals surface area contributed by atoms with Gasteiger partial charge in [0, 0.05) is 12.3 Å². The number of nitrogens with zero attached hydrogens (tertiary/aromatic N) is 3. The van der Waals surface area contributed by atoms with Crippen molar-refractivity contribution in [1.29, 1.82) is 0 Å². The lowest BCUT2D eigenvalue weighted by molar-refractivity contribution is -0.153. The highest BCUT2D eigenvalue weighted by atomic mass is 32.2. The van der Waals surface area contributed by atoms with E-state index in [9.17, 15) is 22.8 Å². The van der Waals surface area contributed by atoms with Gasteiger partial charge in [-0.1, -0.05) is 11.8 Å². The van der Waals surface area contributed by atoms with E-state index in [1.165, 1.54) is 45.5 Å². The van der Waals surface area contributed by atoms with Crippen molar-refractivity contribution in [2.24, 2.45) is 0 Å². The highest BCUT2D eigenvalue weighted by Gasteiger charge is 2.33. The number of benzene rings is 1. The van der Waals surface area contributed by atoms with Gasteiger partial charge in [-0.25, -0.2) is 4.98 Å². The van der Waals surface area contributed by atoms with E-state index in [0.717, 1.165) is 12.8 Å². The number of carbonyl (C=O) groups excluding carboxylic acids is 1. The lowest BCUT2D eigenvalue weighted by atomic mass is 10.2. The predicted molar refractivity (Wildman–Crippen MR) is 97.4 cm³/mol. The molecule has 0 saturated heterocycles. The SMILES string of the molecule is CN1C(=O)Cc2c1nc(SC1CC1)n(-c1ccc(OCC(F)(F)F)cc1)c2=O. The second-order valence-electron chi connectivity index (χ2n) is 6.68. The molecule has 0 radical (unpaired) electrons. The summed E-state index contributed by atoms with van der Waals surface area (Å²) in [6.07, 6.45) is -2.39. The molecule has 1 aliphatic heterocycles. The Morgan fingerprint density at radius 1 is 1.21 bits per heavy atom. The molecular formula is C18H16F3N3O3S. The minimum absolute atomic E-state index is 0.0151. The van der Waals surface area contributed by atoms with Crippen LogP contribution in [0.1, 0.15) is 18.4 Å². The lowest BCUT2D eigenvalue weighted by Gasteiger charge is -2.16. The Hall–Kier alpha value is -2.49. The molecular weight excluding hydrogens is 395 g/mol. The van der Waals surface area contributed by atoms with E-state index in [-0.39, 0.29) is 23.6 Å². The number of amides is 1. The Morgan fingerprint density at radius 3 is 2.50 bits per heavy atom. The number of alkyl halides is 3. The van der Waals surface area contributed by atoms with Gasteiger partial charge in [0.2, 0.25) is 5.91 Å². The van der Waals surface area contributed by atoms with Gasteiger partial charge >= 0.3 is 6.18 Å². The summed E-state index contributed by atoms with van der Waals surface area (Å²) in [6.45, 7) is -1.38. The Morgan fingerprint density at radius 2 is 1.89 bits per heavy atom. The number of hydrogen-bond donors (Lipinski definition) is 0. The zero-order chi connectivity index (χ0) is 20.1. The third kappa shape index (κ3) is 3.73. The van der Waals surface area contributed by atoms with Gasteiger partial charge in [-0.05, 0) is 37.1 Å². The summed E-state index contributed by atoms with van der Waals surface area (Å²) in [6, 6.07) is 5.78. The summed E-state index contributed by atoms with van der Waals surface area (Å²) in [7, 11) is 1.59. The number of fused-ring (bicyclic) bond motifs is 1. The summed E-state index contributed by atoms with van der Waals surface area (Å²) in [4.78, 5) is 31.0. The summed E-state index contributed by atoms with van der Waals surface area (Å²) in [5.74, 6) is 0.227. The smallest absolute Gasteiger partial charge is 0.422 e. The van der Waals surface area contributed by atoms with Crippen LogP contribution < -0.4 is 15.2 Å². The maximum atomic E-state index is 13.1. The van der Waals surface area contributed by atoms with Gasteiger partial charge in [-0.3, -0.25) is 19.1 Å². The van der Waals surface area contributed by atoms with E-state index < -0.39 is 12.8 Å². The van der Waals surface area contributed by atoms with Crippen molar-refractivity contribution in [3.05, 3.63) is 40.2 Å². The van der Waals surface area contributed by atoms with Crippen molar-refractivity contribution in [1.82, 2.24) is 9.55 Å². The number of rotatable bonds is 5. The molecule has 10 heteroatoms. The molecule has 0 atom stereocenters. The molecule has 1 amide bonds. The number of likely N-dealkylation sites (N-methyl/N-ethyl adjacent to an activating group) is 1. The summed E-state index contributed by atoms with van der Waals surface area (Å²) in [5, 5.41) is 0.838. The van der Waals surface area contributed by atoms with Gasteiger partial charge in [-0.2, -0.15) is 13.2 Å². The molecule has 28 heavy (non-hydrogen) atoms. The molecule has 1 fully saturated rings. The van der Waals surface area contributed by atoms with Crippen molar-refractivity contribution in [3.63, 3.8) is 0 Å². The zero-order valence-electron chi connectivity index (χ0n) is 14.8. The average molecular weight is 411 g/mol. The Labute approximate surface area is 162 Å². The van der Waals surface area contributed by atoms with E-state index >= 15 is 0 Å². The fraction of sp³-hybridized carbons (Fsp3) is 0.389. The predicted octanol–water partition coefficient (Wildman–Crippen LogP) is 2.95. The number of hydrogen-bond acceptors (Lipinski definition) is 5. The van der Waals surface area contributed by atoms with Crippen molar-refractivity contribution in [2.75, 3.05) is 18.6 Å². The first-order valence-electron chi connectivity index (χ1n) is 8.62. The van der Waals surface area contributed by atoms with Gasteiger partial charge in [-0.15, -0.1) is 0 Å². The normalized spacial score (nSPS) is 16.4. The monoisotopic (exact) mass is 411 g/mol. The van der Waals surface area contributed by atoms with Crippen molar-refractivity contribution < 1.29 is 22.7 Å². The number of ether oxygens (including phenoxy) is 1. The minimum atomic E-state index is -4.42. The summed E-state index contributed by atoms with van der Waals surface area (Å²) >= 11 is 1.47. The number of halogens is 3. The van der Waals surface area contributed by atoms with Crippen LogP contribution in [0.2, 0.25) is 0 Å². The van der Waals surface area contributed by atoms with Gasteiger partial charge in [0.15, 0.2) is 11.8 Å². The molecule has 6 nitrogen and oxygen atoms in total. The Bertz CT molecular complexity index is 985. The molecule has 2 aliphatic rings. The minimum Gasteiger partial charge on any atom is -0.484 e. The first-order valence-corrected chi connectivity index (χ1v) is 9.50. The van der Waals surface area contributed by atoms with Gasteiger partial charge in [0.25, 0.3) is 5.56 Å². The summed E-state index contributed by atoms with van der Waals surface area (Å²) < 4.78 is 43.0. The molecule has 0 spiro atoms. The molecule has 0 bridgehead atoms. The maximum absolute atomic E-state index is 13.1. The van der Waals surface area contributed by atoms with Gasteiger partial charge in [0.05, 0.1) is 17.7 Å². The Balaban J connectivity index is 1.71. The van der Waals surface area contributed by atoms with E-state index in [0.29, 0.717) is 27.5 Å². The average Bonchev–Trinajstić information content (AvgIpc) is 3.40. The van der Waals surface area contributed by atoms with Crippen LogP contribution in [0.15, 0.2) is 34.2 Å². The van der Waals surface area contributed by atoms with Crippen LogP contribution in [0.4, 0.5) is 19.0 Å². The molecule has 1 aliphatic carbocycles. The Kier molecular flexibility index (Phi) is 4.60. The van der Waals surface area contributed by atoms with Gasteiger partial charge < -0.3 is 4.74 Å². The quantitative estimate of drug-likeness (QED) is 0.708.